The van der Waals surface area contributed by atoms with Crippen LogP contribution in [0.15, 0.2) is 0 Å². The first-order valence-electron chi connectivity index (χ1n) is 10.7. The summed E-state index contributed by atoms with van der Waals surface area (Å²) in [5.74, 6) is 5.57. The third-order valence-electron chi connectivity index (χ3n) is 9.38. The minimum atomic E-state index is -0.280. The quantitative estimate of drug-likeness (QED) is 0.620. The minimum Gasteiger partial charge on any atom is -0.353 e. The highest BCUT2D eigenvalue weighted by Crippen LogP contribution is 2.65. The normalized spacial score (nSPS) is 50.0. The lowest BCUT2D eigenvalue weighted by Crippen LogP contribution is -2.51. The Hall–Kier alpha value is -0.0800. The molecule has 0 bridgehead atoms. The van der Waals surface area contributed by atoms with Gasteiger partial charge in [0, 0.05) is 27.1 Å². The highest BCUT2D eigenvalue weighted by Gasteiger charge is 2.57. The summed E-state index contributed by atoms with van der Waals surface area (Å²) in [7, 11) is 3.68. The molecule has 4 rings (SSSR count). The van der Waals surface area contributed by atoms with Gasteiger partial charge in [-0.1, -0.05) is 20.3 Å². The molecule has 0 aromatic carbocycles. The van der Waals surface area contributed by atoms with E-state index in [4.69, 9.17) is 9.47 Å². The van der Waals surface area contributed by atoms with Crippen molar-refractivity contribution in [3.63, 3.8) is 0 Å². The maximum absolute atomic E-state index is 5.80. The molecule has 4 aliphatic rings. The van der Waals surface area contributed by atoms with Crippen LogP contribution >= 0.6 is 0 Å². The third kappa shape index (κ3) is 2.42. The molecule has 138 valence electrons. The summed E-state index contributed by atoms with van der Waals surface area (Å²) in [6.45, 7) is 5.08. The van der Waals surface area contributed by atoms with Crippen LogP contribution in [0, 0.1) is 40.9 Å². The molecular weight excluding hydrogens is 296 g/mol. The van der Waals surface area contributed by atoms with Crippen LogP contribution in [0.3, 0.4) is 0 Å². The zero-order valence-electron chi connectivity index (χ0n) is 16.4. The van der Waals surface area contributed by atoms with Crippen molar-refractivity contribution in [1.82, 2.24) is 0 Å². The molecule has 0 aromatic heterocycles. The van der Waals surface area contributed by atoms with Crippen LogP contribution in [-0.4, -0.2) is 20.0 Å². The molecule has 0 amide bonds. The van der Waals surface area contributed by atoms with E-state index in [1.165, 1.54) is 51.4 Å². The van der Waals surface area contributed by atoms with Crippen molar-refractivity contribution in [3.05, 3.63) is 0 Å². The third-order valence-corrected chi connectivity index (χ3v) is 9.38. The average molecular weight is 335 g/mol. The molecule has 4 aliphatic carbocycles. The molecule has 4 fully saturated rings. The van der Waals surface area contributed by atoms with Crippen LogP contribution in [0.5, 0.6) is 0 Å². The molecule has 7 atom stereocenters. The summed E-state index contributed by atoms with van der Waals surface area (Å²) in [6.07, 6.45) is 13.9. The van der Waals surface area contributed by atoms with Gasteiger partial charge in [-0.3, -0.25) is 0 Å². The van der Waals surface area contributed by atoms with Gasteiger partial charge in [-0.15, -0.1) is 0 Å². The lowest BCUT2D eigenvalue weighted by molar-refractivity contribution is -0.247. The monoisotopic (exact) mass is 334 g/mol. The van der Waals surface area contributed by atoms with Crippen molar-refractivity contribution in [3.8, 4) is 0 Å². The predicted octanol–water partition coefficient (Wildman–Crippen LogP) is 5.65. The van der Waals surface area contributed by atoms with E-state index in [0.29, 0.717) is 5.41 Å². The summed E-state index contributed by atoms with van der Waals surface area (Å²) in [6, 6.07) is 0. The summed E-state index contributed by atoms with van der Waals surface area (Å²) in [5.41, 5.74) is 0.667. The van der Waals surface area contributed by atoms with Gasteiger partial charge in [0.1, 0.15) is 0 Å². The molecule has 0 radical (unpaired) electrons. The topological polar surface area (TPSA) is 18.5 Å². The fraction of sp³-hybridized carbons (Fsp3) is 1.00. The first-order chi connectivity index (χ1) is 11.6. The largest absolute Gasteiger partial charge is 0.353 e. The van der Waals surface area contributed by atoms with Crippen molar-refractivity contribution in [2.24, 2.45) is 40.9 Å². The number of fused-ring (bicyclic) bond motifs is 5. The van der Waals surface area contributed by atoms with Gasteiger partial charge in [0.2, 0.25) is 0 Å². The molecule has 0 aliphatic heterocycles. The van der Waals surface area contributed by atoms with Gasteiger partial charge in [0.25, 0.3) is 0 Å². The Balaban J connectivity index is 1.52. The fourth-order valence-electron chi connectivity index (χ4n) is 8.06. The van der Waals surface area contributed by atoms with Gasteiger partial charge < -0.3 is 9.47 Å². The number of methoxy groups -OCH3 is 2. The molecule has 0 spiro atoms. The maximum atomic E-state index is 5.80. The Morgan fingerprint density at radius 3 is 2.29 bits per heavy atom. The second-order valence-corrected chi connectivity index (χ2v) is 9.72. The summed E-state index contributed by atoms with van der Waals surface area (Å²) >= 11 is 0. The van der Waals surface area contributed by atoms with Gasteiger partial charge >= 0.3 is 0 Å². The smallest absolute Gasteiger partial charge is 0.167 e. The molecule has 0 heterocycles. The Bertz CT molecular complexity index is 457. The Labute approximate surface area is 149 Å². The first-order valence-corrected chi connectivity index (χ1v) is 10.7. The summed E-state index contributed by atoms with van der Waals surface area (Å²) in [5, 5.41) is 0. The lowest BCUT2D eigenvalue weighted by Gasteiger charge is -2.57. The van der Waals surface area contributed by atoms with E-state index in [0.717, 1.165) is 48.3 Å². The van der Waals surface area contributed by atoms with Crippen LogP contribution < -0.4 is 0 Å². The zero-order valence-corrected chi connectivity index (χ0v) is 16.4. The molecule has 2 nitrogen and oxygen atoms in total. The Kier molecular flexibility index (Phi) is 4.53. The van der Waals surface area contributed by atoms with Crippen LogP contribution in [0.2, 0.25) is 0 Å². The second kappa shape index (κ2) is 6.27. The maximum Gasteiger partial charge on any atom is 0.167 e. The van der Waals surface area contributed by atoms with Crippen LogP contribution in [0.25, 0.3) is 0 Å². The van der Waals surface area contributed by atoms with Crippen LogP contribution in [0.1, 0.15) is 78.1 Å². The molecule has 24 heavy (non-hydrogen) atoms. The zero-order chi connectivity index (χ0) is 16.9. The van der Waals surface area contributed by atoms with Gasteiger partial charge in [-0.2, -0.15) is 0 Å². The molecule has 0 aromatic rings. The summed E-state index contributed by atoms with van der Waals surface area (Å²) < 4.78 is 11.6. The average Bonchev–Trinajstić information content (AvgIpc) is 2.97. The predicted molar refractivity (Wildman–Crippen MR) is 97.6 cm³/mol. The fourth-order valence-corrected chi connectivity index (χ4v) is 8.06. The van der Waals surface area contributed by atoms with Crippen LogP contribution in [0.4, 0.5) is 0 Å². The van der Waals surface area contributed by atoms with Gasteiger partial charge in [-0.25, -0.2) is 0 Å². The van der Waals surface area contributed by atoms with Gasteiger partial charge in [0.05, 0.1) is 0 Å². The molecule has 0 saturated heterocycles. The molecule has 2 heteroatoms. The van der Waals surface area contributed by atoms with E-state index in [2.05, 4.69) is 13.8 Å². The standard InChI is InChI=1S/C22H38O2/c1-5-16-7-9-20-19-8-6-15-14-22(23-3,24-4)13-11-17(15)18(19)10-12-21(16,20)2/h15-20H,5-14H2,1-4H3/t15-,16-,17-,18?,19+,20-,21+/m0/s1. The second-order valence-electron chi connectivity index (χ2n) is 9.72. The van der Waals surface area contributed by atoms with E-state index in [1.807, 2.05) is 14.2 Å². The lowest BCUT2D eigenvalue weighted by atomic mass is 9.49. The molecule has 1 unspecified atom stereocenters. The number of hydrogen-bond acceptors (Lipinski definition) is 2. The number of hydrogen-bond donors (Lipinski definition) is 0. The van der Waals surface area contributed by atoms with E-state index >= 15 is 0 Å². The van der Waals surface area contributed by atoms with Gasteiger partial charge in [-0.05, 0) is 85.9 Å². The van der Waals surface area contributed by atoms with Crippen LogP contribution in [-0.2, 0) is 9.47 Å². The highest BCUT2D eigenvalue weighted by atomic mass is 16.7. The van der Waals surface area contributed by atoms with Gasteiger partial charge in [0.15, 0.2) is 5.79 Å². The van der Waals surface area contributed by atoms with Crippen molar-refractivity contribution in [2.45, 2.75) is 83.8 Å². The van der Waals surface area contributed by atoms with Crippen molar-refractivity contribution >= 4 is 0 Å². The number of ether oxygens (including phenoxy) is 2. The minimum absolute atomic E-state index is 0.280. The highest BCUT2D eigenvalue weighted by molar-refractivity contribution is 5.06. The SMILES string of the molecule is CC[C@H]1CC[C@H]2[C@@H]3CC[C@H]4CC(OC)(OC)CC[C@@H]4C3CC[C@]12C. The van der Waals surface area contributed by atoms with E-state index in [1.54, 1.807) is 0 Å². The van der Waals surface area contributed by atoms with Crippen molar-refractivity contribution in [2.75, 3.05) is 14.2 Å². The van der Waals surface area contributed by atoms with E-state index in [9.17, 15) is 0 Å². The first kappa shape index (κ1) is 17.3. The molecular formula is C22H38O2. The Morgan fingerprint density at radius 1 is 0.833 bits per heavy atom. The Morgan fingerprint density at radius 2 is 1.58 bits per heavy atom. The van der Waals surface area contributed by atoms with Crippen molar-refractivity contribution in [1.29, 1.82) is 0 Å². The van der Waals surface area contributed by atoms with Crippen molar-refractivity contribution < 1.29 is 9.47 Å². The molecule has 4 saturated carbocycles. The number of rotatable bonds is 3. The summed E-state index contributed by atoms with van der Waals surface area (Å²) in [4.78, 5) is 0. The molecule has 0 N–H and O–H groups in total. The van der Waals surface area contributed by atoms with E-state index in [-0.39, 0.29) is 5.79 Å². The van der Waals surface area contributed by atoms with E-state index < -0.39 is 0 Å².